The van der Waals surface area contributed by atoms with Crippen molar-refractivity contribution in [2.75, 3.05) is 6.54 Å². The Balaban J connectivity index is 0.00000288. The highest BCUT2D eigenvalue weighted by atomic mass is 35.5. The number of nitrogens with zero attached hydrogens (tertiary/aromatic N) is 2. The second kappa shape index (κ2) is 10.3. The predicted octanol–water partition coefficient (Wildman–Crippen LogP) is 3.25. The van der Waals surface area contributed by atoms with Crippen molar-refractivity contribution >= 4 is 29.9 Å². The summed E-state index contributed by atoms with van der Waals surface area (Å²) in [7, 11) is 0. The molecule has 0 aliphatic rings. The highest BCUT2D eigenvalue weighted by Crippen LogP contribution is 2.16. The number of aromatic nitrogens is 2. The van der Waals surface area contributed by atoms with Crippen LogP contribution in [0.15, 0.2) is 36.7 Å². The summed E-state index contributed by atoms with van der Waals surface area (Å²) >= 11 is 6.15. The van der Waals surface area contributed by atoms with Crippen LogP contribution in [-0.4, -0.2) is 28.3 Å². The zero-order valence-corrected chi connectivity index (χ0v) is 15.3. The van der Waals surface area contributed by atoms with Gasteiger partial charge < -0.3 is 11.1 Å². The second-order valence-corrected chi connectivity index (χ2v) is 5.97. The average molecular weight is 371 g/mol. The van der Waals surface area contributed by atoms with Crippen molar-refractivity contribution in [2.24, 2.45) is 5.73 Å². The number of rotatable bonds is 8. The molecule has 2 rings (SSSR count). The molecule has 2 aromatic rings. The van der Waals surface area contributed by atoms with Gasteiger partial charge in [0.15, 0.2) is 0 Å². The standard InChI is InChI=1S/C17H23ClN4O.ClH/c1-2-3-7-15(9-19)21-17(23)14-10-20-22(12-14)11-13-6-4-5-8-16(13)18;/h4-6,8,10,12,15H,2-3,7,9,11,19H2,1H3,(H,21,23);1H. The number of carbonyl (C=O) groups excluding carboxylic acids is 1. The smallest absolute Gasteiger partial charge is 0.254 e. The summed E-state index contributed by atoms with van der Waals surface area (Å²) in [5, 5.41) is 7.89. The van der Waals surface area contributed by atoms with Gasteiger partial charge in [-0.25, -0.2) is 0 Å². The van der Waals surface area contributed by atoms with E-state index in [1.54, 1.807) is 17.1 Å². The van der Waals surface area contributed by atoms with Crippen molar-refractivity contribution in [3.05, 3.63) is 52.8 Å². The zero-order valence-electron chi connectivity index (χ0n) is 13.7. The lowest BCUT2D eigenvalue weighted by molar-refractivity contribution is 0.0935. The van der Waals surface area contributed by atoms with Gasteiger partial charge in [0.05, 0.1) is 18.3 Å². The summed E-state index contributed by atoms with van der Waals surface area (Å²) in [6.45, 7) is 3.09. The molecule has 0 spiro atoms. The minimum atomic E-state index is -0.137. The summed E-state index contributed by atoms with van der Waals surface area (Å²) in [4.78, 5) is 12.3. The largest absolute Gasteiger partial charge is 0.348 e. The van der Waals surface area contributed by atoms with Gasteiger partial charge in [0, 0.05) is 23.8 Å². The first-order chi connectivity index (χ1) is 11.1. The van der Waals surface area contributed by atoms with Crippen molar-refractivity contribution in [2.45, 2.75) is 38.8 Å². The van der Waals surface area contributed by atoms with Crippen LogP contribution in [0.5, 0.6) is 0 Å². The van der Waals surface area contributed by atoms with Gasteiger partial charge >= 0.3 is 0 Å². The maximum Gasteiger partial charge on any atom is 0.254 e. The highest BCUT2D eigenvalue weighted by Gasteiger charge is 2.14. The number of hydrogen-bond donors (Lipinski definition) is 2. The molecule has 0 bridgehead atoms. The molecule has 3 N–H and O–H groups in total. The van der Waals surface area contributed by atoms with Crippen molar-refractivity contribution in [3.8, 4) is 0 Å². The SMILES string of the molecule is CCCCC(CN)NC(=O)c1cnn(Cc2ccccc2Cl)c1.Cl. The number of unbranched alkanes of at least 4 members (excludes halogenated alkanes) is 1. The number of nitrogens with one attached hydrogen (secondary N) is 1. The van der Waals surface area contributed by atoms with Crippen LogP contribution in [0.4, 0.5) is 0 Å². The Morgan fingerprint density at radius 3 is 2.83 bits per heavy atom. The van der Waals surface area contributed by atoms with E-state index in [4.69, 9.17) is 17.3 Å². The summed E-state index contributed by atoms with van der Waals surface area (Å²) in [5.74, 6) is -0.137. The first-order valence-electron chi connectivity index (χ1n) is 7.90. The van der Waals surface area contributed by atoms with Gasteiger partial charge in [0.2, 0.25) is 0 Å². The fraction of sp³-hybridized carbons (Fsp3) is 0.412. The fourth-order valence-corrected chi connectivity index (χ4v) is 2.53. The lowest BCUT2D eigenvalue weighted by atomic mass is 10.1. The van der Waals surface area contributed by atoms with E-state index < -0.39 is 0 Å². The maximum atomic E-state index is 12.3. The van der Waals surface area contributed by atoms with E-state index in [0.717, 1.165) is 24.8 Å². The summed E-state index contributed by atoms with van der Waals surface area (Å²) in [6.07, 6.45) is 6.33. The molecular weight excluding hydrogens is 347 g/mol. The number of halogens is 2. The van der Waals surface area contributed by atoms with Crippen molar-refractivity contribution in [1.82, 2.24) is 15.1 Å². The van der Waals surface area contributed by atoms with Crippen LogP contribution in [0.3, 0.4) is 0 Å². The van der Waals surface area contributed by atoms with Crippen LogP contribution in [-0.2, 0) is 6.54 Å². The zero-order chi connectivity index (χ0) is 16.7. The minimum absolute atomic E-state index is 0. The van der Waals surface area contributed by atoms with E-state index in [1.807, 2.05) is 24.3 Å². The second-order valence-electron chi connectivity index (χ2n) is 5.57. The third kappa shape index (κ3) is 5.82. The molecule has 1 heterocycles. The Kier molecular flexibility index (Phi) is 8.82. The Bertz CT molecular complexity index is 645. The van der Waals surface area contributed by atoms with E-state index >= 15 is 0 Å². The molecule has 1 atom stereocenters. The molecule has 1 aromatic heterocycles. The lowest BCUT2D eigenvalue weighted by Crippen LogP contribution is -2.40. The van der Waals surface area contributed by atoms with E-state index in [2.05, 4.69) is 17.3 Å². The average Bonchev–Trinajstić information content (AvgIpc) is 3.02. The molecule has 0 fully saturated rings. The number of nitrogens with two attached hydrogens (primary N) is 1. The van der Waals surface area contributed by atoms with Crippen LogP contribution >= 0.6 is 24.0 Å². The minimum Gasteiger partial charge on any atom is -0.348 e. The molecule has 0 saturated carbocycles. The molecular formula is C17H24Cl2N4O. The lowest BCUT2D eigenvalue weighted by Gasteiger charge is -2.15. The van der Waals surface area contributed by atoms with Crippen LogP contribution in [0.1, 0.15) is 42.1 Å². The normalized spacial score (nSPS) is 11.6. The summed E-state index contributed by atoms with van der Waals surface area (Å²) in [6, 6.07) is 7.61. The molecule has 0 aliphatic carbocycles. The number of carbonyl (C=O) groups is 1. The van der Waals surface area contributed by atoms with Crippen molar-refractivity contribution in [1.29, 1.82) is 0 Å². The third-order valence-corrected chi connectivity index (χ3v) is 4.08. The van der Waals surface area contributed by atoms with E-state index in [1.165, 1.54) is 0 Å². The number of hydrogen-bond acceptors (Lipinski definition) is 3. The topological polar surface area (TPSA) is 72.9 Å². The van der Waals surface area contributed by atoms with Crippen LogP contribution < -0.4 is 11.1 Å². The predicted molar refractivity (Wildman–Crippen MR) is 99.9 cm³/mol. The van der Waals surface area contributed by atoms with Gasteiger partial charge in [-0.3, -0.25) is 9.48 Å². The van der Waals surface area contributed by atoms with Gasteiger partial charge in [-0.2, -0.15) is 5.10 Å². The Labute approximate surface area is 154 Å². The molecule has 1 aromatic carbocycles. The van der Waals surface area contributed by atoms with Gasteiger partial charge in [0.1, 0.15) is 0 Å². The molecule has 0 aliphatic heterocycles. The summed E-state index contributed by atoms with van der Waals surface area (Å²) in [5.41, 5.74) is 7.21. The Hall–Kier alpha value is -1.56. The number of benzene rings is 1. The Morgan fingerprint density at radius 2 is 2.17 bits per heavy atom. The maximum absolute atomic E-state index is 12.3. The van der Waals surface area contributed by atoms with Crippen molar-refractivity contribution < 1.29 is 4.79 Å². The van der Waals surface area contributed by atoms with E-state index in [9.17, 15) is 4.79 Å². The molecule has 0 radical (unpaired) electrons. The molecule has 0 saturated heterocycles. The van der Waals surface area contributed by atoms with Crippen molar-refractivity contribution in [3.63, 3.8) is 0 Å². The number of amides is 1. The van der Waals surface area contributed by atoms with Gasteiger partial charge in [0.25, 0.3) is 5.91 Å². The van der Waals surface area contributed by atoms with Gasteiger partial charge in [-0.15, -0.1) is 12.4 Å². The molecule has 7 heteroatoms. The monoisotopic (exact) mass is 370 g/mol. The highest BCUT2D eigenvalue weighted by molar-refractivity contribution is 6.31. The first-order valence-corrected chi connectivity index (χ1v) is 8.28. The van der Waals surface area contributed by atoms with Crippen LogP contribution in [0.25, 0.3) is 0 Å². The Morgan fingerprint density at radius 1 is 1.42 bits per heavy atom. The van der Waals surface area contributed by atoms with Gasteiger partial charge in [-0.1, -0.05) is 49.6 Å². The molecule has 5 nitrogen and oxygen atoms in total. The van der Waals surface area contributed by atoms with E-state index in [0.29, 0.717) is 23.7 Å². The summed E-state index contributed by atoms with van der Waals surface area (Å²) < 4.78 is 1.71. The van der Waals surface area contributed by atoms with E-state index in [-0.39, 0.29) is 24.4 Å². The molecule has 1 amide bonds. The third-order valence-electron chi connectivity index (χ3n) is 3.71. The van der Waals surface area contributed by atoms with Crippen LogP contribution in [0.2, 0.25) is 5.02 Å². The van der Waals surface area contributed by atoms with Gasteiger partial charge in [-0.05, 0) is 18.1 Å². The fourth-order valence-electron chi connectivity index (χ4n) is 2.34. The molecule has 132 valence electrons. The van der Waals surface area contributed by atoms with Crippen LogP contribution in [0, 0.1) is 0 Å². The molecule has 24 heavy (non-hydrogen) atoms. The first kappa shape index (κ1) is 20.5. The molecule has 1 unspecified atom stereocenters. The quantitative estimate of drug-likeness (QED) is 0.748.